The lowest BCUT2D eigenvalue weighted by Crippen LogP contribution is -2.21. The molecule has 0 bridgehead atoms. The summed E-state index contributed by atoms with van der Waals surface area (Å²) in [7, 11) is -3.46. The molecule has 0 saturated heterocycles. The van der Waals surface area contributed by atoms with Gasteiger partial charge >= 0.3 is 6.03 Å². The molecule has 0 saturated carbocycles. The van der Waals surface area contributed by atoms with Crippen molar-refractivity contribution in [3.63, 3.8) is 0 Å². The number of carbonyl (C=O) groups excluding carboxylic acids is 1. The van der Waals surface area contributed by atoms with Gasteiger partial charge in [0.1, 0.15) is 23.1 Å². The van der Waals surface area contributed by atoms with E-state index >= 15 is 0 Å². The van der Waals surface area contributed by atoms with Crippen LogP contribution in [0.1, 0.15) is 25.5 Å². The molecule has 0 aliphatic heterocycles. The minimum Gasteiger partial charge on any atom is -0.457 e. The number of aromatic amines is 1. The summed E-state index contributed by atoms with van der Waals surface area (Å²) in [5.41, 5.74) is 3.84. The van der Waals surface area contributed by atoms with Gasteiger partial charge in [0, 0.05) is 24.0 Å². The van der Waals surface area contributed by atoms with Crippen molar-refractivity contribution in [2.45, 2.75) is 19.8 Å². The van der Waals surface area contributed by atoms with E-state index in [-0.39, 0.29) is 11.7 Å². The molecule has 5 rings (SSSR count). The molecule has 0 fully saturated rings. The third-order valence-corrected chi connectivity index (χ3v) is 6.16. The lowest BCUT2D eigenvalue weighted by molar-refractivity contribution is 0.262. The van der Waals surface area contributed by atoms with E-state index in [1.807, 2.05) is 38.1 Å². The van der Waals surface area contributed by atoms with E-state index in [0.29, 0.717) is 23.0 Å². The third kappa shape index (κ3) is 6.33. The molecule has 39 heavy (non-hydrogen) atoms. The first kappa shape index (κ1) is 25.7. The number of urea groups is 1. The number of hydrogen-bond donors (Lipinski definition) is 4. The van der Waals surface area contributed by atoms with Crippen molar-refractivity contribution in [2.75, 3.05) is 21.6 Å². The number of pyridine rings is 1. The van der Waals surface area contributed by atoms with E-state index in [9.17, 15) is 13.2 Å². The van der Waals surface area contributed by atoms with Crippen LogP contribution in [0.3, 0.4) is 0 Å². The van der Waals surface area contributed by atoms with Crippen LogP contribution in [0.15, 0.2) is 73.2 Å². The van der Waals surface area contributed by atoms with Gasteiger partial charge in [0.05, 0.1) is 35.0 Å². The number of fused-ring (bicyclic) bond motifs is 1. The van der Waals surface area contributed by atoms with E-state index in [1.54, 1.807) is 41.3 Å². The van der Waals surface area contributed by atoms with Gasteiger partial charge in [0.25, 0.3) is 0 Å². The summed E-state index contributed by atoms with van der Waals surface area (Å²) in [6, 6.07) is 16.9. The summed E-state index contributed by atoms with van der Waals surface area (Å²) in [6.45, 7) is 4.07. The molecule has 0 aliphatic rings. The monoisotopic (exact) mass is 546 g/mol. The maximum Gasteiger partial charge on any atom is 0.324 e. The normalized spacial score (nSPS) is 11.5. The zero-order valence-corrected chi connectivity index (χ0v) is 22.2. The van der Waals surface area contributed by atoms with E-state index in [4.69, 9.17) is 4.74 Å². The van der Waals surface area contributed by atoms with Crippen molar-refractivity contribution in [3.8, 4) is 17.2 Å². The van der Waals surface area contributed by atoms with Crippen LogP contribution in [0.25, 0.3) is 16.7 Å². The van der Waals surface area contributed by atoms with Gasteiger partial charge in [-0.2, -0.15) is 5.10 Å². The Morgan fingerprint density at radius 2 is 1.77 bits per heavy atom. The Morgan fingerprint density at radius 1 is 0.974 bits per heavy atom. The molecule has 0 atom stereocenters. The van der Waals surface area contributed by atoms with Crippen LogP contribution in [0.2, 0.25) is 0 Å². The molecule has 4 N–H and O–H groups in total. The van der Waals surface area contributed by atoms with Crippen molar-refractivity contribution in [3.05, 3.63) is 78.9 Å². The van der Waals surface area contributed by atoms with Gasteiger partial charge in [-0.25, -0.2) is 27.9 Å². The third-order valence-electron chi connectivity index (χ3n) is 5.58. The van der Waals surface area contributed by atoms with Crippen LogP contribution in [-0.4, -0.2) is 45.4 Å². The zero-order chi connectivity index (χ0) is 27.6. The Kier molecular flexibility index (Phi) is 6.90. The number of sulfonamides is 1. The van der Waals surface area contributed by atoms with Crippen LogP contribution in [0.5, 0.6) is 11.5 Å². The summed E-state index contributed by atoms with van der Waals surface area (Å²) >= 11 is 0. The second-order valence-electron chi connectivity index (χ2n) is 9.08. The summed E-state index contributed by atoms with van der Waals surface area (Å²) in [4.78, 5) is 24.2. The molecule has 0 spiro atoms. The van der Waals surface area contributed by atoms with Crippen LogP contribution in [0.4, 0.5) is 22.1 Å². The van der Waals surface area contributed by atoms with Gasteiger partial charge in [-0.15, -0.1) is 0 Å². The lowest BCUT2D eigenvalue weighted by atomic mass is 10.1. The summed E-state index contributed by atoms with van der Waals surface area (Å²) in [5.74, 6) is 1.72. The Hall–Kier alpha value is -4.91. The van der Waals surface area contributed by atoms with E-state index in [1.165, 1.54) is 12.3 Å². The van der Waals surface area contributed by atoms with Gasteiger partial charge in [-0.3, -0.25) is 10.0 Å². The zero-order valence-electron chi connectivity index (χ0n) is 21.3. The molecule has 5 aromatic rings. The van der Waals surface area contributed by atoms with Crippen LogP contribution in [0, 0.1) is 0 Å². The van der Waals surface area contributed by atoms with E-state index < -0.39 is 16.1 Å². The Labute approximate surface area is 224 Å². The fraction of sp³-hybridized carbons (Fsp3) is 0.154. The largest absolute Gasteiger partial charge is 0.457 e. The van der Waals surface area contributed by atoms with Crippen LogP contribution >= 0.6 is 0 Å². The standard InChI is InChI=1S/C26H26N8O4S/c1-16(2)22-14-25(34(32-22)18-6-9-21-23(12-18)29-15-28-21)31-26(35)30-17-4-7-19(8-5-17)38-20-10-11-27-24(13-20)33-39(3,36)37/h4-16H,1-3H3,(H,27,33)(H,28,29)(H2,30,31,35). The Morgan fingerprint density at radius 3 is 2.51 bits per heavy atom. The predicted octanol–water partition coefficient (Wildman–Crippen LogP) is 5.07. The maximum atomic E-state index is 12.9. The quantitative estimate of drug-likeness (QED) is 0.212. The number of ether oxygens (including phenoxy) is 1. The number of nitrogens with one attached hydrogen (secondary N) is 4. The van der Waals surface area contributed by atoms with Crippen molar-refractivity contribution in [2.24, 2.45) is 0 Å². The number of hydrogen-bond acceptors (Lipinski definition) is 7. The molecule has 2 amide bonds. The smallest absolute Gasteiger partial charge is 0.324 e. The fourth-order valence-electron chi connectivity index (χ4n) is 3.76. The first-order valence-corrected chi connectivity index (χ1v) is 13.9. The number of aromatic nitrogens is 5. The Bertz CT molecular complexity index is 1740. The molecule has 0 unspecified atom stereocenters. The minimum atomic E-state index is -3.46. The molecular formula is C26H26N8O4S. The van der Waals surface area contributed by atoms with Crippen molar-refractivity contribution >= 4 is 44.4 Å². The van der Waals surface area contributed by atoms with Gasteiger partial charge in [-0.1, -0.05) is 13.8 Å². The molecule has 12 nitrogen and oxygen atoms in total. The number of anilines is 3. The number of nitrogens with zero attached hydrogens (tertiary/aromatic N) is 4. The van der Waals surface area contributed by atoms with Gasteiger partial charge in [-0.05, 0) is 54.4 Å². The lowest BCUT2D eigenvalue weighted by Gasteiger charge is -2.11. The summed E-state index contributed by atoms with van der Waals surface area (Å²) in [5, 5.41) is 10.4. The van der Waals surface area contributed by atoms with Crippen molar-refractivity contribution < 1.29 is 17.9 Å². The first-order valence-electron chi connectivity index (χ1n) is 12.0. The Balaban J connectivity index is 1.27. The molecule has 2 aromatic carbocycles. The average molecular weight is 547 g/mol. The van der Waals surface area contributed by atoms with Gasteiger partial charge in [0.15, 0.2) is 0 Å². The number of carbonyl (C=O) groups is 1. The number of rotatable bonds is 8. The molecule has 0 aliphatic carbocycles. The average Bonchev–Trinajstić information content (AvgIpc) is 3.51. The van der Waals surface area contributed by atoms with Crippen LogP contribution in [-0.2, 0) is 10.0 Å². The van der Waals surface area contributed by atoms with Gasteiger partial charge < -0.3 is 15.0 Å². The molecule has 3 aromatic heterocycles. The second-order valence-corrected chi connectivity index (χ2v) is 10.8. The number of imidazole rings is 1. The number of amides is 2. The summed E-state index contributed by atoms with van der Waals surface area (Å²) < 4.78 is 32.6. The highest BCUT2D eigenvalue weighted by Gasteiger charge is 2.15. The van der Waals surface area contributed by atoms with Crippen molar-refractivity contribution in [1.82, 2.24) is 24.7 Å². The second kappa shape index (κ2) is 10.5. The van der Waals surface area contributed by atoms with E-state index in [0.717, 1.165) is 28.7 Å². The minimum absolute atomic E-state index is 0.147. The predicted molar refractivity (Wildman–Crippen MR) is 149 cm³/mol. The number of H-pyrrole nitrogens is 1. The first-order chi connectivity index (χ1) is 18.6. The molecular weight excluding hydrogens is 520 g/mol. The van der Waals surface area contributed by atoms with Gasteiger partial charge in [0.2, 0.25) is 10.0 Å². The van der Waals surface area contributed by atoms with E-state index in [2.05, 4.69) is 35.4 Å². The van der Waals surface area contributed by atoms with Crippen molar-refractivity contribution in [1.29, 1.82) is 0 Å². The molecule has 0 radical (unpaired) electrons. The maximum absolute atomic E-state index is 12.9. The topological polar surface area (TPSA) is 156 Å². The van der Waals surface area contributed by atoms with Crippen LogP contribution < -0.4 is 20.1 Å². The molecule has 13 heteroatoms. The highest BCUT2D eigenvalue weighted by Crippen LogP contribution is 2.26. The molecule has 3 heterocycles. The summed E-state index contributed by atoms with van der Waals surface area (Å²) in [6.07, 6.45) is 4.11. The molecule has 200 valence electrons. The SMILES string of the molecule is CC(C)c1cc(NC(=O)Nc2ccc(Oc3ccnc(NS(C)(=O)=O)c3)cc2)n(-c2ccc3[nH]cnc3c2)n1. The fourth-order valence-corrected chi connectivity index (χ4v) is 4.25. The number of benzene rings is 2. The highest BCUT2D eigenvalue weighted by atomic mass is 32.2. The highest BCUT2D eigenvalue weighted by molar-refractivity contribution is 7.92.